The number of nitriles is 1. The summed E-state index contributed by atoms with van der Waals surface area (Å²) in [7, 11) is 0. The SMILES string of the molecule is N#CCC1(CN2CCNCC2C(N)=O)CC1. The van der Waals surface area contributed by atoms with Crippen LogP contribution in [0.4, 0.5) is 0 Å². The third-order valence-corrected chi connectivity index (χ3v) is 3.63. The maximum absolute atomic E-state index is 11.3. The van der Waals surface area contributed by atoms with E-state index in [1.54, 1.807) is 0 Å². The molecule has 1 aliphatic heterocycles. The van der Waals surface area contributed by atoms with Crippen LogP contribution in [0.2, 0.25) is 0 Å². The lowest BCUT2D eigenvalue weighted by Crippen LogP contribution is -2.58. The van der Waals surface area contributed by atoms with Crippen LogP contribution in [0.5, 0.6) is 0 Å². The summed E-state index contributed by atoms with van der Waals surface area (Å²) in [5.41, 5.74) is 5.54. The molecule has 16 heavy (non-hydrogen) atoms. The van der Waals surface area contributed by atoms with Gasteiger partial charge in [0, 0.05) is 32.6 Å². The Balaban J connectivity index is 1.97. The zero-order chi connectivity index (χ0) is 11.6. The summed E-state index contributed by atoms with van der Waals surface area (Å²) >= 11 is 0. The number of rotatable bonds is 4. The average Bonchev–Trinajstić information content (AvgIpc) is 2.99. The van der Waals surface area contributed by atoms with E-state index in [2.05, 4.69) is 16.3 Å². The van der Waals surface area contributed by atoms with Gasteiger partial charge in [0.15, 0.2) is 0 Å². The molecule has 1 heterocycles. The number of hydrogen-bond donors (Lipinski definition) is 2. The van der Waals surface area contributed by atoms with E-state index in [4.69, 9.17) is 11.0 Å². The van der Waals surface area contributed by atoms with Gasteiger partial charge in [-0.1, -0.05) is 0 Å². The third kappa shape index (κ3) is 2.34. The van der Waals surface area contributed by atoms with E-state index in [-0.39, 0.29) is 17.4 Å². The van der Waals surface area contributed by atoms with Crippen LogP contribution in [-0.2, 0) is 4.79 Å². The zero-order valence-corrected chi connectivity index (χ0v) is 9.41. The van der Waals surface area contributed by atoms with Crippen LogP contribution in [0.3, 0.4) is 0 Å². The molecule has 88 valence electrons. The number of nitrogens with one attached hydrogen (secondary N) is 1. The van der Waals surface area contributed by atoms with Gasteiger partial charge >= 0.3 is 0 Å². The molecule has 1 unspecified atom stereocenters. The van der Waals surface area contributed by atoms with Gasteiger partial charge in [0.2, 0.25) is 5.91 Å². The van der Waals surface area contributed by atoms with Crippen LogP contribution in [0, 0.1) is 16.7 Å². The van der Waals surface area contributed by atoms with E-state index in [9.17, 15) is 4.79 Å². The Morgan fingerprint density at radius 3 is 2.94 bits per heavy atom. The highest BCUT2D eigenvalue weighted by Crippen LogP contribution is 2.49. The minimum Gasteiger partial charge on any atom is -0.368 e. The number of amides is 1. The van der Waals surface area contributed by atoms with Crippen LogP contribution in [-0.4, -0.2) is 43.0 Å². The van der Waals surface area contributed by atoms with Crippen LogP contribution in [0.15, 0.2) is 0 Å². The lowest BCUT2D eigenvalue weighted by molar-refractivity contribution is -0.124. The first-order chi connectivity index (χ1) is 7.67. The minimum atomic E-state index is -0.264. The zero-order valence-electron chi connectivity index (χ0n) is 9.41. The van der Waals surface area contributed by atoms with Gasteiger partial charge in [0.25, 0.3) is 0 Å². The van der Waals surface area contributed by atoms with Crippen molar-refractivity contribution in [2.45, 2.75) is 25.3 Å². The number of piperazine rings is 1. The second-order valence-electron chi connectivity index (χ2n) is 4.93. The molecular formula is C11H18N4O. The average molecular weight is 222 g/mol. The number of nitrogens with two attached hydrogens (primary N) is 1. The number of primary amides is 1. The Kier molecular flexibility index (Phi) is 3.13. The Bertz CT molecular complexity index is 318. The molecule has 1 saturated carbocycles. The molecule has 2 aliphatic rings. The fourth-order valence-corrected chi connectivity index (χ4v) is 2.38. The van der Waals surface area contributed by atoms with Crippen molar-refractivity contribution in [3.8, 4) is 6.07 Å². The summed E-state index contributed by atoms with van der Waals surface area (Å²) < 4.78 is 0. The van der Waals surface area contributed by atoms with Gasteiger partial charge in [-0.05, 0) is 18.3 Å². The molecule has 0 aromatic rings. The Morgan fingerprint density at radius 1 is 1.62 bits per heavy atom. The maximum Gasteiger partial charge on any atom is 0.236 e. The molecule has 1 amide bonds. The highest BCUT2D eigenvalue weighted by atomic mass is 16.1. The van der Waals surface area contributed by atoms with Gasteiger partial charge in [-0.3, -0.25) is 9.69 Å². The summed E-state index contributed by atoms with van der Waals surface area (Å²) in [6.45, 7) is 3.22. The fraction of sp³-hybridized carbons (Fsp3) is 0.818. The topological polar surface area (TPSA) is 82.2 Å². The van der Waals surface area contributed by atoms with E-state index in [0.717, 1.165) is 32.5 Å². The van der Waals surface area contributed by atoms with E-state index in [1.807, 2.05) is 0 Å². The second-order valence-corrected chi connectivity index (χ2v) is 4.93. The summed E-state index contributed by atoms with van der Waals surface area (Å²) in [6, 6.07) is 2.04. The molecule has 0 aromatic carbocycles. The second kappa shape index (κ2) is 4.40. The molecular weight excluding hydrogens is 204 g/mol. The molecule has 5 heteroatoms. The maximum atomic E-state index is 11.3. The summed E-state index contributed by atoms with van der Waals surface area (Å²) in [4.78, 5) is 13.4. The molecule has 1 atom stereocenters. The van der Waals surface area contributed by atoms with Gasteiger partial charge in [0.05, 0.1) is 6.07 Å². The fourth-order valence-electron chi connectivity index (χ4n) is 2.38. The molecule has 0 spiro atoms. The first-order valence-electron chi connectivity index (χ1n) is 5.78. The first kappa shape index (κ1) is 11.4. The highest BCUT2D eigenvalue weighted by Gasteiger charge is 2.45. The number of carbonyl (C=O) groups is 1. The largest absolute Gasteiger partial charge is 0.368 e. The van der Waals surface area contributed by atoms with Crippen molar-refractivity contribution in [3.63, 3.8) is 0 Å². The first-order valence-corrected chi connectivity index (χ1v) is 5.78. The van der Waals surface area contributed by atoms with E-state index < -0.39 is 0 Å². The standard InChI is InChI=1S/C11H18N4O/c12-4-3-11(1-2-11)8-15-6-5-14-7-9(15)10(13)16/h9,14H,1-3,5-8H2,(H2,13,16). The molecule has 2 fully saturated rings. The Labute approximate surface area is 95.6 Å². The molecule has 1 aliphatic carbocycles. The Hall–Kier alpha value is -1.12. The minimum absolute atomic E-state index is 0.153. The molecule has 0 bridgehead atoms. The number of nitrogens with zero attached hydrogens (tertiary/aromatic N) is 2. The molecule has 3 N–H and O–H groups in total. The number of carbonyl (C=O) groups excluding carboxylic acids is 1. The third-order valence-electron chi connectivity index (χ3n) is 3.63. The van der Waals surface area contributed by atoms with Crippen LogP contribution in [0.25, 0.3) is 0 Å². The van der Waals surface area contributed by atoms with Gasteiger partial charge in [-0.25, -0.2) is 0 Å². The monoisotopic (exact) mass is 222 g/mol. The van der Waals surface area contributed by atoms with Crippen molar-refractivity contribution in [2.24, 2.45) is 11.1 Å². The summed E-state index contributed by atoms with van der Waals surface area (Å²) in [5.74, 6) is -0.264. The number of hydrogen-bond acceptors (Lipinski definition) is 4. The Morgan fingerprint density at radius 2 is 2.38 bits per heavy atom. The molecule has 0 aromatic heterocycles. The van der Waals surface area contributed by atoms with Gasteiger partial charge in [-0.15, -0.1) is 0 Å². The smallest absolute Gasteiger partial charge is 0.236 e. The van der Waals surface area contributed by atoms with E-state index in [1.165, 1.54) is 0 Å². The lowest BCUT2D eigenvalue weighted by Gasteiger charge is -2.36. The normalized spacial score (nSPS) is 28.3. The summed E-state index contributed by atoms with van der Waals surface area (Å²) in [5, 5.41) is 12.0. The van der Waals surface area contributed by atoms with Crippen molar-refractivity contribution in [3.05, 3.63) is 0 Å². The van der Waals surface area contributed by atoms with Crippen molar-refractivity contribution in [1.82, 2.24) is 10.2 Å². The predicted molar refractivity (Wildman–Crippen MR) is 59.3 cm³/mol. The van der Waals surface area contributed by atoms with E-state index in [0.29, 0.717) is 13.0 Å². The van der Waals surface area contributed by atoms with E-state index >= 15 is 0 Å². The lowest BCUT2D eigenvalue weighted by atomic mass is 10.0. The van der Waals surface area contributed by atoms with Crippen molar-refractivity contribution in [2.75, 3.05) is 26.2 Å². The van der Waals surface area contributed by atoms with Crippen LogP contribution < -0.4 is 11.1 Å². The molecule has 0 radical (unpaired) electrons. The van der Waals surface area contributed by atoms with Gasteiger partial charge < -0.3 is 11.1 Å². The van der Waals surface area contributed by atoms with Crippen LogP contribution in [0.1, 0.15) is 19.3 Å². The van der Waals surface area contributed by atoms with Crippen molar-refractivity contribution < 1.29 is 4.79 Å². The molecule has 1 saturated heterocycles. The molecule has 5 nitrogen and oxygen atoms in total. The highest BCUT2D eigenvalue weighted by molar-refractivity contribution is 5.80. The predicted octanol–water partition coefficient (Wildman–Crippen LogP) is -0.561. The molecule has 2 rings (SSSR count). The summed E-state index contributed by atoms with van der Waals surface area (Å²) in [6.07, 6.45) is 2.81. The van der Waals surface area contributed by atoms with Crippen LogP contribution >= 0.6 is 0 Å². The van der Waals surface area contributed by atoms with Crippen molar-refractivity contribution >= 4 is 5.91 Å². The quantitative estimate of drug-likeness (QED) is 0.668. The van der Waals surface area contributed by atoms with Gasteiger partial charge in [0.1, 0.15) is 6.04 Å². The van der Waals surface area contributed by atoms with Gasteiger partial charge in [-0.2, -0.15) is 5.26 Å². The van der Waals surface area contributed by atoms with Crippen molar-refractivity contribution in [1.29, 1.82) is 5.26 Å².